The summed E-state index contributed by atoms with van der Waals surface area (Å²) in [6.07, 6.45) is 0. The van der Waals surface area contributed by atoms with Crippen molar-refractivity contribution in [3.8, 4) is 0 Å². The summed E-state index contributed by atoms with van der Waals surface area (Å²) in [6.45, 7) is 0.111. The third-order valence-electron chi connectivity index (χ3n) is 2.32. The van der Waals surface area contributed by atoms with Crippen molar-refractivity contribution in [1.29, 1.82) is 0 Å². The molecule has 0 aliphatic carbocycles. The Morgan fingerprint density at radius 3 is 2.63 bits per heavy atom. The molecule has 0 heterocycles. The van der Waals surface area contributed by atoms with Crippen LogP contribution in [-0.2, 0) is 14.3 Å². The molecule has 1 atom stereocenters. The van der Waals surface area contributed by atoms with Crippen molar-refractivity contribution in [1.82, 2.24) is 0 Å². The van der Waals surface area contributed by atoms with E-state index in [0.717, 1.165) is 0 Å². The summed E-state index contributed by atoms with van der Waals surface area (Å²) in [5.74, 6) is -0.942. The van der Waals surface area contributed by atoms with Gasteiger partial charge in [0, 0.05) is 12.8 Å². The topological polar surface area (TPSA) is 90.6 Å². The van der Waals surface area contributed by atoms with Crippen LogP contribution >= 0.6 is 11.6 Å². The van der Waals surface area contributed by atoms with E-state index in [-0.39, 0.29) is 17.2 Å². The average Bonchev–Trinajstić information content (AvgIpc) is 2.38. The largest absolute Gasteiger partial charge is 0.465 e. The Kier molecular flexibility index (Phi) is 5.75. The molecule has 0 spiro atoms. The summed E-state index contributed by atoms with van der Waals surface area (Å²) in [5, 5.41) is 2.76. The van der Waals surface area contributed by atoms with Crippen LogP contribution in [0.3, 0.4) is 0 Å². The number of hydrogen-bond acceptors (Lipinski definition) is 5. The first-order valence-corrected chi connectivity index (χ1v) is 5.80. The van der Waals surface area contributed by atoms with Gasteiger partial charge >= 0.3 is 5.97 Å². The highest BCUT2D eigenvalue weighted by molar-refractivity contribution is 6.34. The Morgan fingerprint density at radius 1 is 1.42 bits per heavy atom. The third-order valence-corrected chi connectivity index (χ3v) is 2.64. The van der Waals surface area contributed by atoms with Gasteiger partial charge in [-0.25, -0.2) is 4.79 Å². The van der Waals surface area contributed by atoms with E-state index in [1.807, 2.05) is 0 Å². The molecular weight excluding hydrogens is 272 g/mol. The normalized spacial score (nSPS) is 11.8. The number of ether oxygens (including phenoxy) is 2. The summed E-state index contributed by atoms with van der Waals surface area (Å²) < 4.78 is 9.34. The molecular formula is C12H15ClN2O4. The van der Waals surface area contributed by atoms with E-state index in [1.165, 1.54) is 32.4 Å². The Labute approximate surface area is 115 Å². The van der Waals surface area contributed by atoms with Gasteiger partial charge in [0.25, 0.3) is 0 Å². The smallest absolute Gasteiger partial charge is 0.339 e. The highest BCUT2D eigenvalue weighted by Gasteiger charge is 2.15. The first-order chi connectivity index (χ1) is 8.99. The molecule has 0 aliphatic rings. The molecule has 0 radical (unpaired) electrons. The van der Waals surface area contributed by atoms with Crippen molar-refractivity contribution in [2.45, 2.75) is 6.04 Å². The van der Waals surface area contributed by atoms with Crippen LogP contribution < -0.4 is 11.1 Å². The van der Waals surface area contributed by atoms with Crippen LogP contribution in [0.4, 0.5) is 5.69 Å². The van der Waals surface area contributed by atoms with Gasteiger partial charge in [0.15, 0.2) is 0 Å². The third kappa shape index (κ3) is 4.20. The SMILES string of the molecule is COCC(N)C(=O)Nc1ccc(C(=O)OC)c(Cl)c1. The number of esters is 1. The van der Waals surface area contributed by atoms with Crippen molar-refractivity contribution < 1.29 is 19.1 Å². The maximum absolute atomic E-state index is 11.6. The number of carbonyl (C=O) groups is 2. The second-order valence-electron chi connectivity index (χ2n) is 3.74. The lowest BCUT2D eigenvalue weighted by Gasteiger charge is -2.12. The number of nitrogens with two attached hydrogens (primary N) is 1. The number of nitrogens with one attached hydrogen (secondary N) is 1. The van der Waals surface area contributed by atoms with Crippen molar-refractivity contribution in [2.75, 3.05) is 26.1 Å². The molecule has 0 aromatic heterocycles. The second kappa shape index (κ2) is 7.08. The monoisotopic (exact) mass is 286 g/mol. The number of rotatable bonds is 5. The fourth-order valence-electron chi connectivity index (χ4n) is 1.36. The lowest BCUT2D eigenvalue weighted by atomic mass is 10.2. The fraction of sp³-hybridized carbons (Fsp3) is 0.333. The van der Waals surface area contributed by atoms with Gasteiger partial charge in [-0.05, 0) is 18.2 Å². The van der Waals surface area contributed by atoms with Crippen LogP contribution in [0.5, 0.6) is 0 Å². The van der Waals surface area contributed by atoms with Crippen molar-refractivity contribution >= 4 is 29.2 Å². The Bertz CT molecular complexity index is 479. The molecule has 0 bridgehead atoms. The van der Waals surface area contributed by atoms with Crippen LogP contribution in [-0.4, -0.2) is 38.7 Å². The number of carbonyl (C=O) groups excluding carboxylic acids is 2. The molecule has 1 rings (SSSR count). The maximum atomic E-state index is 11.6. The molecule has 0 fully saturated rings. The number of hydrogen-bond donors (Lipinski definition) is 2. The maximum Gasteiger partial charge on any atom is 0.339 e. The van der Waals surface area contributed by atoms with Gasteiger partial charge in [0.2, 0.25) is 5.91 Å². The summed E-state index contributed by atoms with van der Waals surface area (Å²) in [5.41, 5.74) is 6.23. The van der Waals surface area contributed by atoms with E-state index < -0.39 is 17.9 Å². The van der Waals surface area contributed by atoms with Crippen molar-refractivity contribution in [3.05, 3.63) is 28.8 Å². The van der Waals surface area contributed by atoms with Gasteiger partial charge in [-0.3, -0.25) is 4.79 Å². The van der Waals surface area contributed by atoms with E-state index >= 15 is 0 Å². The fourth-order valence-corrected chi connectivity index (χ4v) is 1.62. The quantitative estimate of drug-likeness (QED) is 0.789. The van der Waals surface area contributed by atoms with Gasteiger partial charge in [-0.1, -0.05) is 11.6 Å². The molecule has 19 heavy (non-hydrogen) atoms. The van der Waals surface area contributed by atoms with E-state index in [2.05, 4.69) is 10.1 Å². The zero-order valence-electron chi connectivity index (χ0n) is 10.6. The van der Waals surface area contributed by atoms with Crippen LogP contribution in [0.2, 0.25) is 5.02 Å². The minimum Gasteiger partial charge on any atom is -0.465 e. The molecule has 1 aromatic carbocycles. The average molecular weight is 287 g/mol. The summed E-state index contributed by atoms with van der Waals surface area (Å²) >= 11 is 5.92. The molecule has 0 saturated heterocycles. The highest BCUT2D eigenvalue weighted by Crippen LogP contribution is 2.21. The van der Waals surface area contributed by atoms with Gasteiger partial charge in [0.05, 0.1) is 24.3 Å². The Morgan fingerprint density at radius 2 is 2.11 bits per heavy atom. The number of benzene rings is 1. The van der Waals surface area contributed by atoms with Crippen molar-refractivity contribution in [3.63, 3.8) is 0 Å². The lowest BCUT2D eigenvalue weighted by Crippen LogP contribution is -2.39. The molecule has 1 amide bonds. The highest BCUT2D eigenvalue weighted by atomic mass is 35.5. The number of methoxy groups -OCH3 is 2. The summed E-state index contributed by atoms with van der Waals surface area (Å²) in [6, 6.07) is 3.68. The molecule has 1 unspecified atom stereocenters. The molecule has 0 aliphatic heterocycles. The number of anilines is 1. The zero-order chi connectivity index (χ0) is 14.4. The first kappa shape index (κ1) is 15.4. The Hall–Kier alpha value is -1.63. The van der Waals surface area contributed by atoms with Crippen LogP contribution in [0.25, 0.3) is 0 Å². The van der Waals surface area contributed by atoms with Crippen LogP contribution in [0, 0.1) is 0 Å². The molecule has 3 N–H and O–H groups in total. The van der Waals surface area contributed by atoms with Gasteiger partial charge in [-0.2, -0.15) is 0 Å². The van der Waals surface area contributed by atoms with E-state index in [0.29, 0.717) is 5.69 Å². The van der Waals surface area contributed by atoms with Crippen LogP contribution in [0.15, 0.2) is 18.2 Å². The Balaban J connectivity index is 2.79. The molecule has 0 saturated carbocycles. The van der Waals surface area contributed by atoms with E-state index in [9.17, 15) is 9.59 Å². The lowest BCUT2D eigenvalue weighted by molar-refractivity contribution is -0.118. The van der Waals surface area contributed by atoms with Gasteiger partial charge in [0.1, 0.15) is 6.04 Å². The van der Waals surface area contributed by atoms with Crippen LogP contribution in [0.1, 0.15) is 10.4 Å². The summed E-state index contributed by atoms with van der Waals surface area (Å²) in [4.78, 5) is 23.0. The molecule has 104 valence electrons. The number of amides is 1. The minimum atomic E-state index is -0.774. The predicted octanol–water partition coefficient (Wildman–Crippen LogP) is 1.04. The molecule has 7 heteroatoms. The molecule has 6 nitrogen and oxygen atoms in total. The minimum absolute atomic E-state index is 0.111. The first-order valence-electron chi connectivity index (χ1n) is 5.42. The van der Waals surface area contributed by atoms with E-state index in [4.69, 9.17) is 22.1 Å². The number of halogens is 1. The summed E-state index contributed by atoms with van der Waals surface area (Å²) in [7, 11) is 2.72. The second-order valence-corrected chi connectivity index (χ2v) is 4.14. The standard InChI is InChI=1S/C12H15ClN2O4/c1-18-6-10(14)11(16)15-7-3-4-8(9(13)5-7)12(17)19-2/h3-5,10H,6,14H2,1-2H3,(H,15,16). The van der Waals surface area contributed by atoms with E-state index in [1.54, 1.807) is 0 Å². The predicted molar refractivity (Wildman–Crippen MR) is 71.3 cm³/mol. The van der Waals surface area contributed by atoms with Gasteiger partial charge in [-0.15, -0.1) is 0 Å². The zero-order valence-corrected chi connectivity index (χ0v) is 11.4. The van der Waals surface area contributed by atoms with Gasteiger partial charge < -0.3 is 20.5 Å². The molecule has 1 aromatic rings. The van der Waals surface area contributed by atoms with Crippen molar-refractivity contribution in [2.24, 2.45) is 5.73 Å².